The van der Waals surface area contributed by atoms with Gasteiger partial charge in [-0.15, -0.1) is 0 Å². The molecule has 1 aliphatic rings. The molecule has 0 spiro atoms. The van der Waals surface area contributed by atoms with Crippen molar-refractivity contribution in [2.75, 3.05) is 13.2 Å². The van der Waals surface area contributed by atoms with Crippen molar-refractivity contribution < 1.29 is 14.3 Å². The van der Waals surface area contributed by atoms with Gasteiger partial charge in [0.25, 0.3) is 0 Å². The fraction of sp³-hybridized carbons (Fsp3) is 0.364. The van der Waals surface area contributed by atoms with Crippen LogP contribution in [0.1, 0.15) is 6.92 Å². The fourth-order valence-corrected chi connectivity index (χ4v) is 1.42. The molecule has 1 atom stereocenters. The van der Waals surface area contributed by atoms with Crippen LogP contribution >= 0.6 is 0 Å². The number of rotatable bonds is 2. The van der Waals surface area contributed by atoms with Crippen molar-refractivity contribution in [3.63, 3.8) is 0 Å². The predicted molar refractivity (Wildman–Crippen MR) is 55.0 cm³/mol. The Morgan fingerprint density at radius 3 is 2.93 bits per heavy atom. The average Bonchev–Trinajstić information content (AvgIpc) is 2.26. The van der Waals surface area contributed by atoms with Crippen LogP contribution in [-0.2, 0) is 4.79 Å². The van der Waals surface area contributed by atoms with Gasteiger partial charge in [0.2, 0.25) is 5.91 Å². The summed E-state index contributed by atoms with van der Waals surface area (Å²) in [5.41, 5.74) is 0. The fourth-order valence-electron chi connectivity index (χ4n) is 1.42. The molecule has 1 aliphatic heterocycles. The van der Waals surface area contributed by atoms with E-state index in [1.54, 1.807) is 0 Å². The van der Waals surface area contributed by atoms with Crippen LogP contribution in [0, 0.1) is 0 Å². The molecule has 1 aromatic carbocycles. The number of carbonyl (C=O) groups is 1. The van der Waals surface area contributed by atoms with E-state index in [1.165, 1.54) is 6.92 Å². The molecule has 0 bridgehead atoms. The Morgan fingerprint density at radius 2 is 2.20 bits per heavy atom. The molecule has 0 fully saturated rings. The number of carbonyl (C=O) groups excluding carboxylic acids is 1. The molecule has 4 nitrogen and oxygen atoms in total. The molecule has 1 amide bonds. The Bertz CT molecular complexity index is 365. The zero-order valence-electron chi connectivity index (χ0n) is 8.53. The van der Waals surface area contributed by atoms with Crippen molar-refractivity contribution >= 4 is 5.91 Å². The number of nitrogens with one attached hydrogen (secondary N) is 1. The molecule has 0 aliphatic carbocycles. The van der Waals surface area contributed by atoms with E-state index in [2.05, 4.69) is 5.32 Å². The Morgan fingerprint density at radius 1 is 1.47 bits per heavy atom. The lowest BCUT2D eigenvalue weighted by atomic mass is 10.2. The summed E-state index contributed by atoms with van der Waals surface area (Å²) in [4.78, 5) is 10.7. The van der Waals surface area contributed by atoms with E-state index in [0.717, 1.165) is 11.5 Å². The molecule has 0 unspecified atom stereocenters. The third-order valence-electron chi connectivity index (χ3n) is 2.15. The number of hydrogen-bond acceptors (Lipinski definition) is 3. The van der Waals surface area contributed by atoms with E-state index < -0.39 is 0 Å². The molecule has 1 aromatic rings. The van der Waals surface area contributed by atoms with Gasteiger partial charge in [0.1, 0.15) is 12.7 Å². The summed E-state index contributed by atoms with van der Waals surface area (Å²) in [5.74, 6) is 1.44. The molecule has 2 rings (SSSR count). The van der Waals surface area contributed by atoms with Crippen molar-refractivity contribution in [2.45, 2.75) is 13.0 Å². The first-order valence-electron chi connectivity index (χ1n) is 4.88. The third-order valence-corrected chi connectivity index (χ3v) is 2.15. The number of fused-ring (bicyclic) bond motifs is 1. The van der Waals surface area contributed by atoms with Crippen molar-refractivity contribution in [1.29, 1.82) is 0 Å². The summed E-state index contributed by atoms with van der Waals surface area (Å²) >= 11 is 0. The topological polar surface area (TPSA) is 47.6 Å². The highest BCUT2D eigenvalue weighted by Gasteiger charge is 2.20. The second kappa shape index (κ2) is 4.21. The number of benzene rings is 1. The van der Waals surface area contributed by atoms with Crippen molar-refractivity contribution in [2.24, 2.45) is 0 Å². The second-order valence-electron chi connectivity index (χ2n) is 3.43. The summed E-state index contributed by atoms with van der Waals surface area (Å²) in [6, 6.07) is 7.51. The van der Waals surface area contributed by atoms with Crippen molar-refractivity contribution in [1.82, 2.24) is 5.32 Å². The van der Waals surface area contributed by atoms with E-state index in [-0.39, 0.29) is 12.0 Å². The molecule has 0 aromatic heterocycles. The minimum Gasteiger partial charge on any atom is -0.486 e. The average molecular weight is 207 g/mol. The summed E-state index contributed by atoms with van der Waals surface area (Å²) in [7, 11) is 0. The first-order valence-corrected chi connectivity index (χ1v) is 4.88. The summed E-state index contributed by atoms with van der Waals surface area (Å²) < 4.78 is 11.1. The maximum atomic E-state index is 10.7. The van der Waals surface area contributed by atoms with Gasteiger partial charge in [0.05, 0.1) is 6.54 Å². The summed E-state index contributed by atoms with van der Waals surface area (Å²) in [5, 5.41) is 2.70. The molecule has 1 heterocycles. The molecule has 0 saturated carbocycles. The monoisotopic (exact) mass is 207 g/mol. The number of ether oxygens (including phenoxy) is 2. The Labute approximate surface area is 88.2 Å². The molecule has 80 valence electrons. The maximum Gasteiger partial charge on any atom is 0.217 e. The maximum absolute atomic E-state index is 10.7. The molecule has 4 heteroatoms. The van der Waals surface area contributed by atoms with Gasteiger partial charge in [-0.3, -0.25) is 4.79 Å². The van der Waals surface area contributed by atoms with E-state index in [9.17, 15) is 4.79 Å². The molecule has 0 saturated heterocycles. The van der Waals surface area contributed by atoms with Crippen LogP contribution in [0.25, 0.3) is 0 Å². The zero-order chi connectivity index (χ0) is 10.7. The summed E-state index contributed by atoms with van der Waals surface area (Å²) in [6.07, 6.45) is -0.108. The number of para-hydroxylation sites is 2. The van der Waals surface area contributed by atoms with Crippen LogP contribution in [0.2, 0.25) is 0 Å². The van der Waals surface area contributed by atoms with Crippen LogP contribution in [0.4, 0.5) is 0 Å². The van der Waals surface area contributed by atoms with Gasteiger partial charge in [0.15, 0.2) is 11.5 Å². The Balaban J connectivity index is 1.96. The predicted octanol–water partition coefficient (Wildman–Crippen LogP) is 0.962. The largest absolute Gasteiger partial charge is 0.486 e. The van der Waals surface area contributed by atoms with Gasteiger partial charge in [0, 0.05) is 6.92 Å². The van der Waals surface area contributed by atoms with Crippen LogP contribution in [0.3, 0.4) is 0 Å². The lowest BCUT2D eigenvalue weighted by molar-refractivity contribution is -0.119. The number of hydrogen-bond donors (Lipinski definition) is 1. The van der Waals surface area contributed by atoms with Gasteiger partial charge in [-0.1, -0.05) is 12.1 Å². The SMILES string of the molecule is CC(=O)NC[C@@H]1COc2ccccc2O1. The number of amides is 1. The quantitative estimate of drug-likeness (QED) is 0.785. The van der Waals surface area contributed by atoms with Crippen molar-refractivity contribution in [3.05, 3.63) is 24.3 Å². The Hall–Kier alpha value is -1.71. The molecule has 15 heavy (non-hydrogen) atoms. The van der Waals surface area contributed by atoms with Crippen LogP contribution in [0.5, 0.6) is 11.5 Å². The first-order chi connectivity index (χ1) is 7.25. The van der Waals surface area contributed by atoms with Gasteiger partial charge < -0.3 is 14.8 Å². The van der Waals surface area contributed by atoms with Gasteiger partial charge in [-0.25, -0.2) is 0 Å². The highest BCUT2D eigenvalue weighted by Crippen LogP contribution is 2.30. The molecule has 1 N–H and O–H groups in total. The van der Waals surface area contributed by atoms with Crippen LogP contribution in [0.15, 0.2) is 24.3 Å². The summed E-state index contributed by atoms with van der Waals surface area (Å²) in [6.45, 7) is 2.43. The molecular formula is C11H13NO3. The Kier molecular flexibility index (Phi) is 2.76. The standard InChI is InChI=1S/C11H13NO3/c1-8(13)12-6-9-7-14-10-4-2-3-5-11(10)15-9/h2-5,9H,6-7H2,1H3,(H,12,13)/t9-/m1/s1. The van der Waals surface area contributed by atoms with Crippen LogP contribution in [-0.4, -0.2) is 25.2 Å². The van der Waals surface area contributed by atoms with E-state index in [4.69, 9.17) is 9.47 Å². The molecule has 0 radical (unpaired) electrons. The van der Waals surface area contributed by atoms with Gasteiger partial charge in [-0.2, -0.15) is 0 Å². The van der Waals surface area contributed by atoms with E-state index in [1.807, 2.05) is 24.3 Å². The lowest BCUT2D eigenvalue weighted by Crippen LogP contribution is -2.39. The zero-order valence-corrected chi connectivity index (χ0v) is 8.53. The highest BCUT2D eigenvalue weighted by atomic mass is 16.6. The molecular weight excluding hydrogens is 194 g/mol. The van der Waals surface area contributed by atoms with Crippen molar-refractivity contribution in [3.8, 4) is 11.5 Å². The van der Waals surface area contributed by atoms with Gasteiger partial charge >= 0.3 is 0 Å². The first kappa shape index (κ1) is 9.83. The van der Waals surface area contributed by atoms with Gasteiger partial charge in [-0.05, 0) is 12.1 Å². The second-order valence-corrected chi connectivity index (χ2v) is 3.43. The highest BCUT2D eigenvalue weighted by molar-refractivity contribution is 5.72. The third kappa shape index (κ3) is 2.40. The van der Waals surface area contributed by atoms with E-state index >= 15 is 0 Å². The normalized spacial score (nSPS) is 18.3. The minimum absolute atomic E-state index is 0.0579. The van der Waals surface area contributed by atoms with E-state index in [0.29, 0.717) is 13.2 Å². The minimum atomic E-state index is -0.108. The van der Waals surface area contributed by atoms with Crippen LogP contribution < -0.4 is 14.8 Å². The smallest absolute Gasteiger partial charge is 0.217 e. The lowest BCUT2D eigenvalue weighted by Gasteiger charge is -2.26.